The van der Waals surface area contributed by atoms with E-state index in [0.717, 1.165) is 31.4 Å². The molecule has 124 valence electrons. The predicted molar refractivity (Wildman–Crippen MR) is 103 cm³/mol. The molecule has 0 bridgehead atoms. The molecule has 0 saturated heterocycles. The van der Waals surface area contributed by atoms with Gasteiger partial charge < -0.3 is 4.52 Å². The predicted octanol–water partition coefficient (Wildman–Crippen LogP) is 6.53. The molecule has 0 N–H and O–H groups in total. The molecule has 0 saturated carbocycles. The van der Waals surface area contributed by atoms with Crippen molar-refractivity contribution in [2.75, 3.05) is 6.66 Å². The zero-order chi connectivity index (χ0) is 16.7. The number of hydrogen-bond donors (Lipinski definition) is 0. The van der Waals surface area contributed by atoms with Gasteiger partial charge in [0.1, 0.15) is 8.15 Å². The van der Waals surface area contributed by atoms with Gasteiger partial charge in [-0.05, 0) is 86.6 Å². The number of aryl methyl sites for hydroxylation is 3. The van der Waals surface area contributed by atoms with Crippen molar-refractivity contribution in [1.82, 2.24) is 0 Å². The van der Waals surface area contributed by atoms with E-state index in [0.29, 0.717) is 0 Å². The van der Waals surface area contributed by atoms with E-state index in [1.54, 1.807) is 11.1 Å². The highest BCUT2D eigenvalue weighted by molar-refractivity contribution is 7.56. The van der Waals surface area contributed by atoms with Gasteiger partial charge in [-0.3, -0.25) is 0 Å². The molecule has 0 fully saturated rings. The maximum Gasteiger partial charge on any atom is 0.110 e. The molecule has 0 aliphatic heterocycles. The van der Waals surface area contributed by atoms with Crippen molar-refractivity contribution < 1.29 is 4.52 Å². The molecule has 23 heavy (non-hydrogen) atoms. The minimum atomic E-state index is -0.592. The van der Waals surface area contributed by atoms with E-state index < -0.39 is 8.15 Å². The van der Waals surface area contributed by atoms with Gasteiger partial charge in [0.05, 0.1) is 5.76 Å². The van der Waals surface area contributed by atoms with E-state index in [2.05, 4.69) is 44.1 Å². The number of unbranched alkanes of at least 4 members (excludes halogenated alkanes) is 1. The molecule has 1 unspecified atom stereocenters. The van der Waals surface area contributed by atoms with Crippen LogP contribution in [0.2, 0.25) is 0 Å². The first-order valence-corrected chi connectivity index (χ1v) is 10.3. The molecule has 0 amide bonds. The van der Waals surface area contributed by atoms with Crippen LogP contribution in [-0.4, -0.2) is 6.66 Å². The van der Waals surface area contributed by atoms with E-state index in [1.807, 2.05) is 13.0 Å². The molecule has 1 atom stereocenters. The van der Waals surface area contributed by atoms with Crippen LogP contribution < -0.4 is 0 Å². The molecule has 2 rings (SSSR count). The molecule has 1 aliphatic carbocycles. The van der Waals surface area contributed by atoms with E-state index in [1.165, 1.54) is 30.1 Å². The second kappa shape index (κ2) is 9.08. The summed E-state index contributed by atoms with van der Waals surface area (Å²) in [6, 6.07) is 7.00. The smallest absolute Gasteiger partial charge is 0.110 e. The third kappa shape index (κ3) is 5.66. The van der Waals surface area contributed by atoms with Gasteiger partial charge in [0, 0.05) is 0 Å². The van der Waals surface area contributed by atoms with Gasteiger partial charge in [-0.1, -0.05) is 30.9 Å². The largest absolute Gasteiger partial charge is 0.475 e. The number of rotatable bonds is 9. The van der Waals surface area contributed by atoms with Crippen LogP contribution in [0.15, 0.2) is 54.6 Å². The average Bonchev–Trinajstić information content (AvgIpc) is 3.00. The molecule has 0 spiro atoms. The Hall–Kier alpha value is -1.33. The van der Waals surface area contributed by atoms with Crippen molar-refractivity contribution in [2.24, 2.45) is 0 Å². The van der Waals surface area contributed by atoms with Crippen LogP contribution in [-0.2, 0) is 23.8 Å². The van der Waals surface area contributed by atoms with E-state index in [4.69, 9.17) is 4.52 Å². The summed E-state index contributed by atoms with van der Waals surface area (Å²) in [5.41, 5.74) is 4.55. The van der Waals surface area contributed by atoms with Gasteiger partial charge in [0.25, 0.3) is 0 Å². The van der Waals surface area contributed by atoms with Crippen LogP contribution >= 0.6 is 8.15 Å². The second-order valence-electron chi connectivity index (χ2n) is 6.29. The van der Waals surface area contributed by atoms with Crippen molar-refractivity contribution in [3.05, 3.63) is 71.3 Å². The molecule has 1 aromatic rings. The summed E-state index contributed by atoms with van der Waals surface area (Å²) >= 11 is 0. The Bertz CT molecular complexity index is 586. The zero-order valence-corrected chi connectivity index (χ0v) is 15.5. The summed E-state index contributed by atoms with van der Waals surface area (Å²) in [5.74, 6) is 1.01. The number of allylic oxidation sites excluding steroid dienone is 4. The lowest BCUT2D eigenvalue weighted by Crippen LogP contribution is -1.92. The molecular formula is C21H29OP. The summed E-state index contributed by atoms with van der Waals surface area (Å²) in [6.45, 7) is 12.2. The first-order chi connectivity index (χ1) is 11.1. The minimum absolute atomic E-state index is 0.592. The fraction of sp³-hybridized carbons (Fsp3) is 0.429. The summed E-state index contributed by atoms with van der Waals surface area (Å²) < 4.78 is 6.01. The van der Waals surface area contributed by atoms with Crippen LogP contribution in [0.4, 0.5) is 0 Å². The van der Waals surface area contributed by atoms with Crippen molar-refractivity contribution in [2.45, 2.75) is 51.9 Å². The topological polar surface area (TPSA) is 9.23 Å². The second-order valence-corrected chi connectivity index (χ2v) is 8.10. The van der Waals surface area contributed by atoms with Gasteiger partial charge in [0.2, 0.25) is 0 Å². The van der Waals surface area contributed by atoms with E-state index in [9.17, 15) is 0 Å². The fourth-order valence-corrected chi connectivity index (χ4v) is 4.01. The first kappa shape index (κ1) is 18.0. The zero-order valence-electron chi connectivity index (χ0n) is 14.6. The molecule has 2 heteroatoms. The summed E-state index contributed by atoms with van der Waals surface area (Å²) in [7, 11) is -0.592. The maximum atomic E-state index is 6.01. The maximum absolute atomic E-state index is 6.01. The highest BCUT2D eigenvalue weighted by Gasteiger charge is 2.12. The molecular weight excluding hydrogens is 299 g/mol. The quantitative estimate of drug-likeness (QED) is 0.216. The monoisotopic (exact) mass is 328 g/mol. The standard InChI is InChI=1S/C21H29OP/c1-5-6-7-9-17(2)22-23(4)18(3)12-13-19-14-15-20-10-8-11-21(20)16-19/h5,9,14-16H,1,3,6-8,10-13H2,2,4H3/b17-9-. The Morgan fingerprint density at radius 3 is 2.83 bits per heavy atom. The van der Waals surface area contributed by atoms with Gasteiger partial charge in [-0.25, -0.2) is 0 Å². The normalized spacial score (nSPS) is 15.1. The Morgan fingerprint density at radius 2 is 2.04 bits per heavy atom. The minimum Gasteiger partial charge on any atom is -0.475 e. The van der Waals surface area contributed by atoms with E-state index >= 15 is 0 Å². The molecule has 1 aliphatic rings. The Balaban J connectivity index is 1.79. The third-order valence-electron chi connectivity index (χ3n) is 4.39. The SMILES string of the molecule is C=CCC/C=C(/C)OP(C)C(=C)CCc1ccc2c(c1)CCC2. The number of hydrogen-bond acceptors (Lipinski definition) is 1. The molecule has 1 aromatic carbocycles. The highest BCUT2D eigenvalue weighted by atomic mass is 31.1. The van der Waals surface area contributed by atoms with Gasteiger partial charge in [-0.2, -0.15) is 0 Å². The van der Waals surface area contributed by atoms with Crippen LogP contribution in [0.1, 0.15) is 49.3 Å². The van der Waals surface area contributed by atoms with Crippen molar-refractivity contribution >= 4 is 8.15 Å². The average molecular weight is 328 g/mol. The van der Waals surface area contributed by atoms with Crippen LogP contribution in [0.3, 0.4) is 0 Å². The van der Waals surface area contributed by atoms with Crippen LogP contribution in [0, 0.1) is 0 Å². The molecule has 1 nitrogen and oxygen atoms in total. The van der Waals surface area contributed by atoms with Crippen LogP contribution in [0.25, 0.3) is 0 Å². The lowest BCUT2D eigenvalue weighted by molar-refractivity contribution is 0.476. The number of benzene rings is 1. The van der Waals surface area contributed by atoms with Crippen molar-refractivity contribution in [3.8, 4) is 0 Å². The highest BCUT2D eigenvalue weighted by Crippen LogP contribution is 2.45. The van der Waals surface area contributed by atoms with Crippen LogP contribution in [0.5, 0.6) is 0 Å². The number of fused-ring (bicyclic) bond motifs is 1. The van der Waals surface area contributed by atoms with Gasteiger partial charge in [0.15, 0.2) is 0 Å². The molecule has 0 heterocycles. The van der Waals surface area contributed by atoms with E-state index in [-0.39, 0.29) is 0 Å². The lowest BCUT2D eigenvalue weighted by atomic mass is 10.0. The first-order valence-electron chi connectivity index (χ1n) is 8.58. The third-order valence-corrected chi connectivity index (χ3v) is 6.07. The van der Waals surface area contributed by atoms with Crippen molar-refractivity contribution in [1.29, 1.82) is 0 Å². The molecule has 0 aromatic heterocycles. The van der Waals surface area contributed by atoms with Gasteiger partial charge in [-0.15, -0.1) is 6.58 Å². The Labute approximate surface area is 143 Å². The fourth-order valence-electron chi connectivity index (χ4n) is 2.95. The summed E-state index contributed by atoms with van der Waals surface area (Å²) in [4.78, 5) is 0. The Kier molecular flexibility index (Phi) is 7.12. The summed E-state index contributed by atoms with van der Waals surface area (Å²) in [6.07, 6.45) is 12.0. The summed E-state index contributed by atoms with van der Waals surface area (Å²) in [5, 5.41) is 1.23. The molecule has 0 radical (unpaired) electrons. The lowest BCUT2D eigenvalue weighted by Gasteiger charge is -2.17. The van der Waals surface area contributed by atoms with Crippen molar-refractivity contribution in [3.63, 3.8) is 0 Å². The van der Waals surface area contributed by atoms with Gasteiger partial charge >= 0.3 is 0 Å². The Morgan fingerprint density at radius 1 is 1.26 bits per heavy atom.